The number of rotatable bonds is 5. The molecule has 140 valence electrons. The maximum atomic E-state index is 12.7. The van der Waals surface area contributed by atoms with Crippen molar-refractivity contribution in [2.45, 2.75) is 23.1 Å². The summed E-state index contributed by atoms with van der Waals surface area (Å²) in [5.74, 6) is -4.25. The van der Waals surface area contributed by atoms with Gasteiger partial charge in [0.15, 0.2) is 9.84 Å². The van der Waals surface area contributed by atoms with Crippen LogP contribution in [-0.4, -0.2) is 70.2 Å². The number of hydrogen-bond acceptors (Lipinski definition) is 6. The fourth-order valence-electron chi connectivity index (χ4n) is 2.66. The Morgan fingerprint density at radius 2 is 1.76 bits per heavy atom. The molecule has 7 nitrogen and oxygen atoms in total. The predicted molar refractivity (Wildman–Crippen MR) is 86.5 cm³/mol. The third-order valence-corrected chi connectivity index (χ3v) is 7.01. The molecule has 1 aromatic carbocycles. The monoisotopic (exact) mass is 396 g/mol. The molecule has 0 spiro atoms. The van der Waals surface area contributed by atoms with Gasteiger partial charge in [-0.2, -0.15) is 8.78 Å². The summed E-state index contributed by atoms with van der Waals surface area (Å²) in [7, 11) is -4.78. The lowest BCUT2D eigenvalue weighted by atomic mass is 10.1. The summed E-state index contributed by atoms with van der Waals surface area (Å²) in [5, 5.41) is 2.73. The van der Waals surface area contributed by atoms with Gasteiger partial charge < -0.3 is 0 Å². The summed E-state index contributed by atoms with van der Waals surface area (Å²) in [6.45, 7) is 0. The molecule has 1 fully saturated rings. The van der Waals surface area contributed by atoms with Crippen molar-refractivity contribution in [3.8, 4) is 0 Å². The molecule has 0 radical (unpaired) electrons. The van der Waals surface area contributed by atoms with Gasteiger partial charge in [-0.3, -0.25) is 9.80 Å². The highest BCUT2D eigenvalue weighted by Crippen LogP contribution is 2.23. The number of carbonyl (C=O) groups is 1. The first-order valence-corrected chi connectivity index (χ1v) is 10.7. The fraction of sp³-hybridized carbons (Fsp3) is 0.500. The van der Waals surface area contributed by atoms with E-state index in [0.717, 1.165) is 24.3 Å². The van der Waals surface area contributed by atoms with Gasteiger partial charge in [0.05, 0.1) is 22.4 Å². The zero-order valence-corrected chi connectivity index (χ0v) is 15.2. The van der Waals surface area contributed by atoms with Crippen molar-refractivity contribution in [1.82, 2.24) is 10.0 Å². The van der Waals surface area contributed by atoms with E-state index in [1.54, 1.807) is 14.1 Å². The van der Waals surface area contributed by atoms with E-state index >= 15 is 0 Å². The van der Waals surface area contributed by atoms with Crippen molar-refractivity contribution in [3.63, 3.8) is 0 Å². The van der Waals surface area contributed by atoms with Crippen molar-refractivity contribution in [2.24, 2.45) is 0 Å². The van der Waals surface area contributed by atoms with Crippen LogP contribution in [0.3, 0.4) is 0 Å². The van der Waals surface area contributed by atoms with Crippen LogP contribution in [0.4, 0.5) is 8.78 Å². The Hall–Kier alpha value is -1.59. The molecule has 1 aliphatic rings. The van der Waals surface area contributed by atoms with Crippen molar-refractivity contribution >= 4 is 25.6 Å². The summed E-state index contributed by atoms with van der Waals surface area (Å²) in [6, 6.07) is 3.62. The highest BCUT2D eigenvalue weighted by molar-refractivity contribution is 7.92. The van der Waals surface area contributed by atoms with Gasteiger partial charge in [-0.25, -0.2) is 21.8 Å². The number of amides is 1. The normalized spacial score (nSPS) is 20.2. The Kier molecular flexibility index (Phi) is 5.50. The fourth-order valence-corrected chi connectivity index (χ4v) is 5.08. The van der Waals surface area contributed by atoms with E-state index in [2.05, 4.69) is 0 Å². The molecule has 1 aromatic rings. The number of carbonyl (C=O) groups excluding carboxylic acids is 1. The number of halogens is 2. The van der Waals surface area contributed by atoms with Crippen LogP contribution >= 0.6 is 0 Å². The first-order valence-electron chi connectivity index (χ1n) is 7.29. The van der Waals surface area contributed by atoms with Crippen LogP contribution < -0.4 is 0 Å². The van der Waals surface area contributed by atoms with E-state index in [-0.39, 0.29) is 17.1 Å². The minimum Gasteiger partial charge on any atom is -0.268 e. The third kappa shape index (κ3) is 4.15. The van der Waals surface area contributed by atoms with Gasteiger partial charge in [0.2, 0.25) is 9.84 Å². The molecule has 1 amide bonds. The van der Waals surface area contributed by atoms with Gasteiger partial charge in [-0.05, 0) is 30.7 Å². The van der Waals surface area contributed by atoms with E-state index in [1.165, 1.54) is 10.0 Å². The molecule has 0 aromatic heterocycles. The van der Waals surface area contributed by atoms with Crippen LogP contribution in [0.25, 0.3) is 0 Å². The Morgan fingerprint density at radius 3 is 2.16 bits per heavy atom. The Bertz CT molecular complexity index is 852. The second-order valence-electron chi connectivity index (χ2n) is 5.88. The number of nitrogens with zero attached hydrogens (tertiary/aromatic N) is 2. The molecule has 2 rings (SSSR count). The first kappa shape index (κ1) is 19.7. The maximum Gasteiger partial charge on any atom is 0.341 e. The minimum atomic E-state index is -4.73. The van der Waals surface area contributed by atoms with E-state index in [1.807, 2.05) is 0 Å². The summed E-state index contributed by atoms with van der Waals surface area (Å²) in [5.41, 5.74) is 0.0752. The van der Waals surface area contributed by atoms with Gasteiger partial charge in [0.1, 0.15) is 0 Å². The number of hydrazine groups is 1. The highest BCUT2D eigenvalue weighted by atomic mass is 32.2. The molecule has 1 aliphatic heterocycles. The molecule has 1 saturated heterocycles. The molecular formula is C14H18F2N2O5S2. The molecule has 0 N–H and O–H groups in total. The lowest BCUT2D eigenvalue weighted by Crippen LogP contribution is -2.49. The smallest absolute Gasteiger partial charge is 0.268 e. The Labute approximate surface area is 145 Å². The lowest BCUT2D eigenvalue weighted by molar-refractivity contribution is 0.00100. The van der Waals surface area contributed by atoms with Crippen LogP contribution in [0, 0.1) is 0 Å². The number of hydrogen-bond donors (Lipinski definition) is 0. The maximum absolute atomic E-state index is 12.7. The highest BCUT2D eigenvalue weighted by Gasteiger charge is 2.36. The molecule has 1 atom stereocenters. The quantitative estimate of drug-likeness (QED) is 0.684. The second kappa shape index (κ2) is 6.96. The lowest BCUT2D eigenvalue weighted by Gasteiger charge is -2.33. The van der Waals surface area contributed by atoms with Crippen molar-refractivity contribution in [2.75, 3.05) is 25.6 Å². The van der Waals surface area contributed by atoms with E-state index in [9.17, 15) is 30.4 Å². The third-order valence-electron chi connectivity index (χ3n) is 3.86. The van der Waals surface area contributed by atoms with Crippen molar-refractivity contribution < 1.29 is 30.4 Å². The van der Waals surface area contributed by atoms with Gasteiger partial charge in [0.25, 0.3) is 5.91 Å². The summed E-state index contributed by atoms with van der Waals surface area (Å²) in [4.78, 5) is 12.1. The summed E-state index contributed by atoms with van der Waals surface area (Å²) < 4.78 is 71.2. The number of benzene rings is 1. The molecule has 0 saturated carbocycles. The minimum absolute atomic E-state index is 0.0130. The molecule has 0 aliphatic carbocycles. The van der Waals surface area contributed by atoms with Crippen LogP contribution in [0.15, 0.2) is 29.2 Å². The van der Waals surface area contributed by atoms with Gasteiger partial charge in [0, 0.05) is 19.7 Å². The molecule has 25 heavy (non-hydrogen) atoms. The zero-order valence-electron chi connectivity index (χ0n) is 13.6. The van der Waals surface area contributed by atoms with Crippen molar-refractivity contribution in [3.05, 3.63) is 29.8 Å². The molecule has 1 heterocycles. The van der Waals surface area contributed by atoms with Gasteiger partial charge in [-0.1, -0.05) is 0 Å². The van der Waals surface area contributed by atoms with Gasteiger partial charge in [-0.15, -0.1) is 0 Å². The Balaban J connectivity index is 2.29. The molecular weight excluding hydrogens is 378 g/mol. The number of alkyl halides is 2. The molecule has 0 bridgehead atoms. The first-order chi connectivity index (χ1) is 11.5. The van der Waals surface area contributed by atoms with E-state index in [4.69, 9.17) is 0 Å². The molecule has 1 unspecified atom stereocenters. The molecule has 11 heteroatoms. The average molecular weight is 396 g/mol. The van der Waals surface area contributed by atoms with Crippen LogP contribution in [0.1, 0.15) is 16.8 Å². The average Bonchev–Trinajstić information content (AvgIpc) is 2.86. The Morgan fingerprint density at radius 1 is 1.20 bits per heavy atom. The van der Waals surface area contributed by atoms with Gasteiger partial charge >= 0.3 is 5.76 Å². The predicted octanol–water partition coefficient (Wildman–Crippen LogP) is 0.789. The van der Waals surface area contributed by atoms with Crippen molar-refractivity contribution in [1.29, 1.82) is 0 Å². The second-order valence-corrected chi connectivity index (χ2v) is 10.0. The largest absolute Gasteiger partial charge is 0.341 e. The van der Waals surface area contributed by atoms with E-state index < -0.39 is 42.3 Å². The topological polar surface area (TPSA) is 91.8 Å². The SMILES string of the molecule is CN(C)N(C(=O)c1ccc(S(=O)(=O)C(F)F)cc1)C1CCS(=O)(=O)C1. The standard InChI is InChI=1S/C14H18F2N2O5S2/c1-17(2)18(11-7-8-24(20,21)9-11)13(19)10-3-5-12(6-4-10)25(22,23)14(15)16/h3-6,11,14H,7-9H2,1-2H3. The summed E-state index contributed by atoms with van der Waals surface area (Å²) >= 11 is 0. The van der Waals surface area contributed by atoms with Crippen LogP contribution in [0.2, 0.25) is 0 Å². The van der Waals surface area contributed by atoms with Crippen LogP contribution in [0.5, 0.6) is 0 Å². The summed E-state index contributed by atoms with van der Waals surface area (Å²) in [6.07, 6.45) is 0.296. The zero-order chi connectivity index (χ0) is 19.0. The van der Waals surface area contributed by atoms with Crippen LogP contribution in [-0.2, 0) is 19.7 Å². The van der Waals surface area contributed by atoms with E-state index in [0.29, 0.717) is 6.42 Å². The number of sulfone groups is 2.